The molecular weight excluding hydrogens is 402 g/mol. The van der Waals surface area contributed by atoms with Crippen LogP contribution in [0.3, 0.4) is 0 Å². The molecule has 0 radical (unpaired) electrons. The maximum Gasteiger partial charge on any atom is 0.250 e. The van der Waals surface area contributed by atoms with E-state index in [4.69, 9.17) is 10.5 Å². The minimum Gasteiger partial charge on any atom is -0.504 e. The molecular formula is C25H27N5O2. The third kappa shape index (κ3) is 7.98. The molecule has 0 atom stereocenters. The van der Waals surface area contributed by atoms with Crippen molar-refractivity contribution in [3.05, 3.63) is 93.9 Å². The zero-order chi connectivity index (χ0) is 23.2. The highest BCUT2D eigenvalue weighted by Crippen LogP contribution is 2.26. The van der Waals surface area contributed by atoms with E-state index in [1.165, 1.54) is 16.2 Å². The number of nitrogens with one attached hydrogen (secondary N) is 2. The maximum atomic E-state index is 10.6. The Bertz CT molecular complexity index is 1120. The van der Waals surface area contributed by atoms with Gasteiger partial charge in [0.15, 0.2) is 5.75 Å². The first-order valence-corrected chi connectivity index (χ1v) is 10.3. The number of hydrogen-bond donors (Lipinski definition) is 3. The van der Waals surface area contributed by atoms with E-state index in [2.05, 4.69) is 16.7 Å². The molecule has 0 aliphatic rings. The van der Waals surface area contributed by atoms with Crippen molar-refractivity contribution in [3.63, 3.8) is 0 Å². The van der Waals surface area contributed by atoms with Crippen LogP contribution in [-0.2, 0) is 13.5 Å². The van der Waals surface area contributed by atoms with Gasteiger partial charge in [0.2, 0.25) is 5.56 Å². The van der Waals surface area contributed by atoms with Gasteiger partial charge in [-0.05, 0) is 61.8 Å². The summed E-state index contributed by atoms with van der Waals surface area (Å²) in [5.41, 5.74) is 2.79. The summed E-state index contributed by atoms with van der Waals surface area (Å²) in [4.78, 5) is 10.6. The minimum atomic E-state index is 0.00813. The monoisotopic (exact) mass is 429 g/mol. The Labute approximate surface area is 188 Å². The van der Waals surface area contributed by atoms with E-state index in [0.29, 0.717) is 17.8 Å². The Morgan fingerprint density at radius 2 is 1.72 bits per heavy atom. The number of rotatable bonds is 8. The van der Waals surface area contributed by atoms with Gasteiger partial charge < -0.3 is 20.3 Å². The number of aromatic nitrogens is 1. The van der Waals surface area contributed by atoms with Gasteiger partial charge in [-0.25, -0.2) is 0 Å². The SMILES string of the molecule is Cn1ccccc1=O.N#Cc1ccc(CCNCCCNc2cccc(C#N)c2O)cc1. The lowest BCUT2D eigenvalue weighted by molar-refractivity contribution is 0.475. The molecule has 0 fully saturated rings. The molecule has 1 heterocycles. The minimum absolute atomic E-state index is 0.00813. The van der Waals surface area contributed by atoms with Crippen LogP contribution in [0.2, 0.25) is 0 Å². The number of phenols is 1. The molecule has 2 aromatic carbocycles. The smallest absolute Gasteiger partial charge is 0.250 e. The largest absolute Gasteiger partial charge is 0.504 e. The maximum absolute atomic E-state index is 10.6. The fraction of sp³-hybridized carbons (Fsp3) is 0.240. The third-order valence-corrected chi connectivity index (χ3v) is 4.68. The molecule has 0 spiro atoms. The van der Waals surface area contributed by atoms with Crippen LogP contribution in [0.1, 0.15) is 23.1 Å². The summed E-state index contributed by atoms with van der Waals surface area (Å²) in [6.45, 7) is 2.45. The van der Waals surface area contributed by atoms with Gasteiger partial charge in [-0.1, -0.05) is 24.3 Å². The van der Waals surface area contributed by atoms with Crippen LogP contribution in [0.4, 0.5) is 5.69 Å². The van der Waals surface area contributed by atoms with Crippen molar-refractivity contribution in [1.29, 1.82) is 10.5 Å². The summed E-state index contributed by atoms with van der Waals surface area (Å²) in [6.07, 6.45) is 3.55. The Kier molecular flexibility index (Phi) is 10.0. The Morgan fingerprint density at radius 1 is 0.938 bits per heavy atom. The number of nitriles is 2. The summed E-state index contributed by atoms with van der Waals surface area (Å²) in [5.74, 6) is 0.00813. The molecule has 1 aromatic heterocycles. The molecule has 0 amide bonds. The van der Waals surface area contributed by atoms with Crippen molar-refractivity contribution < 1.29 is 5.11 Å². The van der Waals surface area contributed by atoms with Crippen LogP contribution in [0.5, 0.6) is 5.75 Å². The molecule has 3 rings (SSSR count). The van der Waals surface area contributed by atoms with E-state index in [0.717, 1.165) is 25.9 Å². The number of anilines is 1. The van der Waals surface area contributed by atoms with E-state index < -0.39 is 0 Å². The van der Waals surface area contributed by atoms with Crippen LogP contribution < -0.4 is 16.2 Å². The second-order valence-corrected chi connectivity index (χ2v) is 7.05. The van der Waals surface area contributed by atoms with Crippen molar-refractivity contribution >= 4 is 5.69 Å². The Morgan fingerprint density at radius 3 is 2.34 bits per heavy atom. The molecule has 0 saturated carbocycles. The first-order valence-electron chi connectivity index (χ1n) is 10.3. The summed E-state index contributed by atoms with van der Waals surface area (Å²) >= 11 is 0. The fourth-order valence-corrected chi connectivity index (χ4v) is 2.82. The topological polar surface area (TPSA) is 114 Å². The molecule has 7 heteroatoms. The standard InChI is InChI=1S/C19H20N4O.C6H7NO/c20-13-16-7-5-15(6-8-16)9-12-22-10-2-11-23-18-4-1-3-17(14-21)19(18)24;1-7-5-3-2-4-6(7)8/h1,3-8,22-24H,2,9-12H2;2-5H,1H3. The predicted molar refractivity (Wildman–Crippen MR) is 125 cm³/mol. The molecule has 0 unspecified atom stereocenters. The Balaban J connectivity index is 0.000000380. The highest BCUT2D eigenvalue weighted by molar-refractivity contribution is 5.62. The number of benzene rings is 2. The van der Waals surface area contributed by atoms with Crippen molar-refractivity contribution in [2.75, 3.05) is 25.0 Å². The number of nitrogens with zero attached hydrogens (tertiary/aromatic N) is 3. The second kappa shape index (κ2) is 13.3. The molecule has 3 N–H and O–H groups in total. The van der Waals surface area contributed by atoms with Gasteiger partial charge in [-0.15, -0.1) is 0 Å². The van der Waals surface area contributed by atoms with E-state index >= 15 is 0 Å². The van der Waals surface area contributed by atoms with Crippen molar-refractivity contribution in [2.45, 2.75) is 12.8 Å². The lowest BCUT2D eigenvalue weighted by atomic mass is 10.1. The number of phenolic OH excluding ortho intramolecular Hbond substituents is 1. The number of aromatic hydroxyl groups is 1. The third-order valence-electron chi connectivity index (χ3n) is 4.68. The molecule has 7 nitrogen and oxygen atoms in total. The molecule has 164 valence electrons. The zero-order valence-electron chi connectivity index (χ0n) is 18.1. The van der Waals surface area contributed by atoms with Crippen molar-refractivity contribution in [1.82, 2.24) is 9.88 Å². The summed E-state index contributed by atoms with van der Waals surface area (Å²) in [7, 11) is 1.72. The fourth-order valence-electron chi connectivity index (χ4n) is 2.82. The van der Waals surface area contributed by atoms with Crippen molar-refractivity contribution in [3.8, 4) is 17.9 Å². The number of aryl methyl sites for hydroxylation is 1. The van der Waals surface area contributed by atoms with Gasteiger partial charge in [0.05, 0.1) is 22.9 Å². The lowest BCUT2D eigenvalue weighted by Crippen LogP contribution is -2.20. The van der Waals surface area contributed by atoms with E-state index in [1.807, 2.05) is 36.4 Å². The van der Waals surface area contributed by atoms with Crippen molar-refractivity contribution in [2.24, 2.45) is 7.05 Å². The van der Waals surface area contributed by atoms with Gasteiger partial charge in [-0.3, -0.25) is 4.79 Å². The average Bonchev–Trinajstić information content (AvgIpc) is 2.82. The molecule has 0 aliphatic heterocycles. The number of pyridine rings is 1. The highest BCUT2D eigenvalue weighted by Gasteiger charge is 2.05. The van der Waals surface area contributed by atoms with E-state index in [1.54, 1.807) is 37.5 Å². The van der Waals surface area contributed by atoms with E-state index in [9.17, 15) is 9.90 Å². The number of hydrogen-bond acceptors (Lipinski definition) is 6. The average molecular weight is 430 g/mol. The summed E-state index contributed by atoms with van der Waals surface area (Å²) in [6, 6.07) is 21.9. The van der Waals surface area contributed by atoms with Crippen LogP contribution in [-0.4, -0.2) is 29.3 Å². The Hall–Kier alpha value is -4.07. The quantitative estimate of drug-likeness (QED) is 0.374. The zero-order valence-corrected chi connectivity index (χ0v) is 18.1. The van der Waals surface area contributed by atoms with Crippen LogP contribution in [0, 0.1) is 22.7 Å². The molecule has 3 aromatic rings. The van der Waals surface area contributed by atoms with Gasteiger partial charge >= 0.3 is 0 Å². The van der Waals surface area contributed by atoms with Crippen LogP contribution in [0.25, 0.3) is 0 Å². The van der Waals surface area contributed by atoms with Gasteiger partial charge in [0.1, 0.15) is 6.07 Å². The molecule has 32 heavy (non-hydrogen) atoms. The highest BCUT2D eigenvalue weighted by atomic mass is 16.3. The second-order valence-electron chi connectivity index (χ2n) is 7.05. The summed E-state index contributed by atoms with van der Waals surface area (Å²) in [5, 5.41) is 34.0. The van der Waals surface area contributed by atoms with E-state index in [-0.39, 0.29) is 16.9 Å². The normalized spacial score (nSPS) is 9.72. The lowest BCUT2D eigenvalue weighted by Gasteiger charge is -2.09. The molecule has 0 aliphatic carbocycles. The first kappa shape index (κ1) is 24.2. The van der Waals surface area contributed by atoms with Gasteiger partial charge in [0.25, 0.3) is 0 Å². The van der Waals surface area contributed by atoms with Gasteiger partial charge in [-0.2, -0.15) is 10.5 Å². The van der Waals surface area contributed by atoms with Crippen LogP contribution in [0.15, 0.2) is 71.7 Å². The summed E-state index contributed by atoms with van der Waals surface area (Å²) < 4.78 is 1.53. The number of para-hydroxylation sites is 1. The predicted octanol–water partition coefficient (Wildman–Crippen LogP) is 3.16. The molecule has 0 bridgehead atoms. The first-order chi connectivity index (χ1) is 15.5. The van der Waals surface area contributed by atoms with Crippen LogP contribution >= 0.6 is 0 Å². The van der Waals surface area contributed by atoms with Gasteiger partial charge in [0, 0.05) is 25.9 Å². The molecule has 0 saturated heterocycles.